The number of benzene rings is 1. The van der Waals surface area contributed by atoms with Crippen LogP contribution >= 0.6 is 11.3 Å². The van der Waals surface area contributed by atoms with Gasteiger partial charge in [-0.15, -0.1) is 11.3 Å². The minimum absolute atomic E-state index is 0.990. The Hall–Kier alpha value is -1.35. The zero-order valence-corrected chi connectivity index (χ0v) is 12.1. The topological polar surface area (TPSA) is 24.9 Å². The minimum Gasteiger partial charge on any atom is -0.332 e. The van der Waals surface area contributed by atoms with Gasteiger partial charge in [0, 0.05) is 11.1 Å². The number of unbranched alkanes of at least 4 members (excludes halogenated alkanes) is 1. The molecule has 1 N–H and O–H groups in total. The van der Waals surface area contributed by atoms with Crippen LogP contribution in [0.15, 0.2) is 23.6 Å². The summed E-state index contributed by atoms with van der Waals surface area (Å²) >= 11 is 1.68. The molecule has 0 unspecified atom stereocenters. The van der Waals surface area contributed by atoms with Crippen molar-refractivity contribution in [1.82, 2.24) is 4.98 Å². The monoisotopic (exact) mass is 260 g/mol. The van der Waals surface area contributed by atoms with E-state index >= 15 is 0 Å². The highest BCUT2D eigenvalue weighted by Gasteiger charge is 2.03. The van der Waals surface area contributed by atoms with Gasteiger partial charge < -0.3 is 5.32 Å². The Kier molecular flexibility index (Phi) is 4.37. The molecule has 0 spiro atoms. The summed E-state index contributed by atoms with van der Waals surface area (Å²) in [5.74, 6) is 0. The molecule has 18 heavy (non-hydrogen) atoms. The van der Waals surface area contributed by atoms with Crippen LogP contribution in [0.2, 0.25) is 0 Å². The molecule has 0 aliphatic heterocycles. The predicted octanol–water partition coefficient (Wildman–Crippen LogP) is 4.85. The van der Waals surface area contributed by atoms with Crippen molar-refractivity contribution < 1.29 is 0 Å². The van der Waals surface area contributed by atoms with Crippen molar-refractivity contribution in [3.05, 3.63) is 40.4 Å². The maximum Gasteiger partial charge on any atom is 0.187 e. The van der Waals surface area contributed by atoms with Crippen molar-refractivity contribution in [2.45, 2.75) is 40.0 Å². The molecule has 0 atom stereocenters. The third-order valence-corrected chi connectivity index (χ3v) is 3.90. The van der Waals surface area contributed by atoms with E-state index in [0.29, 0.717) is 0 Å². The second-order valence-corrected chi connectivity index (χ2v) is 5.53. The Morgan fingerprint density at radius 2 is 2.06 bits per heavy atom. The molecule has 0 aliphatic carbocycles. The van der Waals surface area contributed by atoms with E-state index in [1.165, 1.54) is 29.7 Å². The number of anilines is 2. The van der Waals surface area contributed by atoms with Gasteiger partial charge >= 0.3 is 0 Å². The summed E-state index contributed by atoms with van der Waals surface area (Å²) in [5.41, 5.74) is 4.95. The van der Waals surface area contributed by atoms with Crippen molar-refractivity contribution in [3.8, 4) is 0 Å². The molecule has 1 heterocycles. The van der Waals surface area contributed by atoms with Crippen molar-refractivity contribution >= 4 is 22.2 Å². The molecule has 0 radical (unpaired) electrons. The van der Waals surface area contributed by atoms with Crippen molar-refractivity contribution in [2.75, 3.05) is 5.32 Å². The number of aryl methyl sites for hydroxylation is 3. The lowest BCUT2D eigenvalue weighted by Crippen LogP contribution is -1.92. The largest absolute Gasteiger partial charge is 0.332 e. The van der Waals surface area contributed by atoms with E-state index in [1.54, 1.807) is 11.3 Å². The Labute approximate surface area is 113 Å². The average Bonchev–Trinajstić information content (AvgIpc) is 2.79. The summed E-state index contributed by atoms with van der Waals surface area (Å²) in [6, 6.07) is 6.42. The first-order chi connectivity index (χ1) is 8.69. The lowest BCUT2D eigenvalue weighted by atomic mass is 10.1. The SMILES string of the molecule is CCCCc1csc(Nc2ccc(C)c(C)c2)n1. The Bertz CT molecular complexity index is 517. The second kappa shape index (κ2) is 6.01. The molecule has 0 saturated heterocycles. The summed E-state index contributed by atoms with van der Waals surface area (Å²) in [5, 5.41) is 6.52. The molecule has 0 aliphatic rings. The van der Waals surface area contributed by atoms with Gasteiger partial charge in [-0.2, -0.15) is 0 Å². The molecule has 2 rings (SSSR count). The van der Waals surface area contributed by atoms with Gasteiger partial charge in [-0.25, -0.2) is 4.98 Å². The van der Waals surface area contributed by atoms with Gasteiger partial charge in [0.15, 0.2) is 5.13 Å². The van der Waals surface area contributed by atoms with Crippen LogP contribution in [0.1, 0.15) is 36.6 Å². The zero-order chi connectivity index (χ0) is 13.0. The Morgan fingerprint density at radius 3 is 2.78 bits per heavy atom. The number of nitrogens with zero attached hydrogens (tertiary/aromatic N) is 1. The highest BCUT2D eigenvalue weighted by atomic mass is 32.1. The number of nitrogens with one attached hydrogen (secondary N) is 1. The van der Waals surface area contributed by atoms with Gasteiger partial charge in [-0.05, 0) is 49.9 Å². The molecular formula is C15H20N2S. The fourth-order valence-electron chi connectivity index (χ4n) is 1.78. The van der Waals surface area contributed by atoms with Crippen LogP contribution in [0.5, 0.6) is 0 Å². The second-order valence-electron chi connectivity index (χ2n) is 4.67. The molecule has 0 fully saturated rings. The molecule has 2 nitrogen and oxygen atoms in total. The number of thiazole rings is 1. The summed E-state index contributed by atoms with van der Waals surface area (Å²) in [6.07, 6.45) is 3.52. The highest BCUT2D eigenvalue weighted by Crippen LogP contribution is 2.23. The molecule has 1 aromatic carbocycles. The minimum atomic E-state index is 0.990. The standard InChI is InChI=1S/C15H20N2S/c1-4-5-6-14-10-18-15(17-14)16-13-8-7-11(2)12(3)9-13/h7-10H,4-6H2,1-3H3,(H,16,17). The maximum absolute atomic E-state index is 4.60. The quantitative estimate of drug-likeness (QED) is 0.831. The lowest BCUT2D eigenvalue weighted by Gasteiger charge is -2.05. The first-order valence-electron chi connectivity index (χ1n) is 6.47. The van der Waals surface area contributed by atoms with Gasteiger partial charge in [0.1, 0.15) is 0 Å². The molecule has 96 valence electrons. The Morgan fingerprint density at radius 1 is 1.22 bits per heavy atom. The Balaban J connectivity index is 2.04. The van der Waals surface area contributed by atoms with Gasteiger partial charge in [0.25, 0.3) is 0 Å². The molecular weight excluding hydrogens is 240 g/mol. The first-order valence-corrected chi connectivity index (χ1v) is 7.35. The number of rotatable bonds is 5. The van der Waals surface area contributed by atoms with E-state index in [-0.39, 0.29) is 0 Å². The number of hydrogen-bond acceptors (Lipinski definition) is 3. The third kappa shape index (κ3) is 3.33. The predicted molar refractivity (Wildman–Crippen MR) is 79.9 cm³/mol. The van der Waals surface area contributed by atoms with E-state index in [4.69, 9.17) is 0 Å². The van der Waals surface area contributed by atoms with Crippen molar-refractivity contribution in [1.29, 1.82) is 0 Å². The zero-order valence-electron chi connectivity index (χ0n) is 11.3. The molecule has 2 aromatic rings. The normalized spacial score (nSPS) is 10.6. The van der Waals surface area contributed by atoms with Gasteiger partial charge in [-0.1, -0.05) is 19.4 Å². The highest BCUT2D eigenvalue weighted by molar-refractivity contribution is 7.13. The lowest BCUT2D eigenvalue weighted by molar-refractivity contribution is 0.782. The van der Waals surface area contributed by atoms with Gasteiger partial charge in [0.2, 0.25) is 0 Å². The van der Waals surface area contributed by atoms with E-state index in [1.807, 2.05) is 0 Å². The van der Waals surface area contributed by atoms with E-state index in [0.717, 1.165) is 17.2 Å². The van der Waals surface area contributed by atoms with Crippen LogP contribution in [-0.4, -0.2) is 4.98 Å². The fourth-order valence-corrected chi connectivity index (χ4v) is 2.54. The smallest absolute Gasteiger partial charge is 0.187 e. The van der Waals surface area contributed by atoms with E-state index < -0.39 is 0 Å². The van der Waals surface area contributed by atoms with Crippen LogP contribution in [0, 0.1) is 13.8 Å². The summed E-state index contributed by atoms with van der Waals surface area (Å²) in [6.45, 7) is 6.47. The van der Waals surface area contributed by atoms with Crippen molar-refractivity contribution in [3.63, 3.8) is 0 Å². The number of aromatic nitrogens is 1. The van der Waals surface area contributed by atoms with Crippen molar-refractivity contribution in [2.24, 2.45) is 0 Å². The van der Waals surface area contributed by atoms with Crippen LogP contribution < -0.4 is 5.32 Å². The van der Waals surface area contributed by atoms with Gasteiger partial charge in [-0.3, -0.25) is 0 Å². The van der Waals surface area contributed by atoms with E-state index in [9.17, 15) is 0 Å². The molecule has 0 amide bonds. The summed E-state index contributed by atoms with van der Waals surface area (Å²) in [7, 11) is 0. The molecule has 0 bridgehead atoms. The number of hydrogen-bond donors (Lipinski definition) is 1. The molecule has 3 heteroatoms. The van der Waals surface area contributed by atoms with Crippen LogP contribution in [-0.2, 0) is 6.42 Å². The molecule has 1 aromatic heterocycles. The molecule has 0 saturated carbocycles. The van der Waals surface area contributed by atoms with Crippen LogP contribution in [0.25, 0.3) is 0 Å². The third-order valence-electron chi connectivity index (χ3n) is 3.10. The maximum atomic E-state index is 4.60. The fraction of sp³-hybridized carbons (Fsp3) is 0.400. The average molecular weight is 260 g/mol. The van der Waals surface area contributed by atoms with Gasteiger partial charge in [0.05, 0.1) is 5.69 Å². The summed E-state index contributed by atoms with van der Waals surface area (Å²) in [4.78, 5) is 4.60. The van der Waals surface area contributed by atoms with Crippen LogP contribution in [0.4, 0.5) is 10.8 Å². The van der Waals surface area contributed by atoms with Crippen LogP contribution in [0.3, 0.4) is 0 Å². The van der Waals surface area contributed by atoms with E-state index in [2.05, 4.69) is 54.7 Å². The summed E-state index contributed by atoms with van der Waals surface area (Å²) < 4.78 is 0. The first kappa shape index (κ1) is 13.1.